The van der Waals surface area contributed by atoms with Gasteiger partial charge in [-0.2, -0.15) is 0 Å². The first-order valence-corrected chi connectivity index (χ1v) is 9.91. The van der Waals surface area contributed by atoms with Crippen LogP contribution in [0.3, 0.4) is 0 Å². The molecule has 0 radical (unpaired) electrons. The Hall–Kier alpha value is -2.32. The second-order valence-corrected chi connectivity index (χ2v) is 8.47. The van der Waals surface area contributed by atoms with Gasteiger partial charge in [-0.1, -0.05) is 66.6 Å². The largest absolute Gasteiger partial charge is 0.497 e. The smallest absolute Gasteiger partial charge is 0.119 e. The zero-order valence-corrected chi connectivity index (χ0v) is 16.0. The zero-order valence-electron chi connectivity index (χ0n) is 16.0. The number of rotatable bonds is 2. The maximum absolute atomic E-state index is 10.4. The molecule has 138 valence electrons. The van der Waals surface area contributed by atoms with Gasteiger partial charge >= 0.3 is 0 Å². The number of allylic oxidation sites excluding steroid dienone is 3. The van der Waals surface area contributed by atoms with Gasteiger partial charge in [0, 0.05) is 5.41 Å². The number of ether oxygens (including phenoxy) is 1. The Labute approximate surface area is 161 Å². The first kappa shape index (κ1) is 16.8. The Morgan fingerprint density at radius 1 is 1.00 bits per heavy atom. The molecule has 0 spiro atoms. The van der Waals surface area contributed by atoms with Crippen LogP contribution in [0.2, 0.25) is 0 Å². The molecule has 2 heteroatoms. The van der Waals surface area contributed by atoms with E-state index in [4.69, 9.17) is 4.74 Å². The van der Waals surface area contributed by atoms with Gasteiger partial charge in [-0.05, 0) is 54.5 Å². The maximum Gasteiger partial charge on any atom is 0.119 e. The number of aryl methyl sites for hydroxylation is 1. The number of aliphatic hydroxyl groups is 1. The highest BCUT2D eigenvalue weighted by atomic mass is 16.5. The molecule has 0 amide bonds. The van der Waals surface area contributed by atoms with Crippen LogP contribution in [0.4, 0.5) is 0 Å². The molecule has 1 N–H and O–H groups in total. The van der Waals surface area contributed by atoms with Crippen molar-refractivity contribution in [3.8, 4) is 5.75 Å². The highest BCUT2D eigenvalue weighted by Gasteiger charge is 2.50. The number of benzene rings is 2. The normalized spacial score (nSPS) is 31.3. The third-order valence-electron chi connectivity index (χ3n) is 6.94. The van der Waals surface area contributed by atoms with Crippen LogP contribution in [-0.4, -0.2) is 18.3 Å². The van der Waals surface area contributed by atoms with Crippen LogP contribution in [0.15, 0.2) is 71.8 Å². The number of fused-ring (bicyclic) bond motifs is 4. The van der Waals surface area contributed by atoms with E-state index in [1.54, 1.807) is 7.11 Å². The standard InChI is InChI=1S/C25H26O2/c1-24-12-13-25(18-6-4-3-5-7-18)21-11-9-20(27-2)14-17(21)8-10-22(25)23(24)15-19(26)16-24/h3-7,9,11-14,19,26H,8,10,15-16H2,1-2H3/t19-,24-,25-/m1/s1. The van der Waals surface area contributed by atoms with Crippen molar-refractivity contribution in [3.63, 3.8) is 0 Å². The first-order valence-electron chi connectivity index (χ1n) is 9.91. The minimum Gasteiger partial charge on any atom is -0.497 e. The summed E-state index contributed by atoms with van der Waals surface area (Å²) in [4.78, 5) is 0. The van der Waals surface area contributed by atoms with Crippen LogP contribution in [0.5, 0.6) is 5.75 Å². The quantitative estimate of drug-likeness (QED) is 0.769. The monoisotopic (exact) mass is 358 g/mol. The summed E-state index contributed by atoms with van der Waals surface area (Å²) in [6.07, 6.45) is 8.26. The maximum atomic E-state index is 10.4. The van der Waals surface area contributed by atoms with Crippen molar-refractivity contribution in [3.05, 3.63) is 88.5 Å². The number of hydrogen-bond acceptors (Lipinski definition) is 2. The van der Waals surface area contributed by atoms with E-state index >= 15 is 0 Å². The molecule has 1 saturated carbocycles. The Morgan fingerprint density at radius 2 is 1.81 bits per heavy atom. The molecular weight excluding hydrogens is 332 g/mol. The first-order chi connectivity index (χ1) is 13.1. The molecule has 2 nitrogen and oxygen atoms in total. The molecular formula is C25H26O2. The number of hydrogen-bond donors (Lipinski definition) is 1. The van der Waals surface area contributed by atoms with Gasteiger partial charge in [0.1, 0.15) is 5.75 Å². The minimum absolute atomic E-state index is 0.00297. The molecule has 3 atom stereocenters. The van der Waals surface area contributed by atoms with Crippen molar-refractivity contribution in [1.82, 2.24) is 0 Å². The second kappa shape index (κ2) is 5.84. The molecule has 27 heavy (non-hydrogen) atoms. The van der Waals surface area contributed by atoms with Gasteiger partial charge < -0.3 is 9.84 Å². The molecule has 0 bridgehead atoms. The summed E-state index contributed by atoms with van der Waals surface area (Å²) < 4.78 is 5.49. The highest BCUT2D eigenvalue weighted by Crippen LogP contribution is 2.58. The Morgan fingerprint density at radius 3 is 2.59 bits per heavy atom. The molecule has 0 heterocycles. The lowest BCUT2D eigenvalue weighted by Crippen LogP contribution is -2.38. The highest BCUT2D eigenvalue weighted by molar-refractivity contribution is 5.63. The summed E-state index contributed by atoms with van der Waals surface area (Å²) in [6, 6.07) is 17.4. The molecule has 3 aliphatic rings. The lowest BCUT2D eigenvalue weighted by molar-refractivity contribution is 0.172. The van der Waals surface area contributed by atoms with Crippen LogP contribution in [0.1, 0.15) is 42.9 Å². The summed E-state index contributed by atoms with van der Waals surface area (Å²) in [5.41, 5.74) is 6.79. The van der Waals surface area contributed by atoms with E-state index in [9.17, 15) is 5.11 Å². The Balaban J connectivity index is 1.81. The lowest BCUT2D eigenvalue weighted by atomic mass is 9.57. The fourth-order valence-electron chi connectivity index (χ4n) is 5.71. The summed E-state index contributed by atoms with van der Waals surface area (Å²) >= 11 is 0. The molecule has 3 aliphatic carbocycles. The molecule has 0 unspecified atom stereocenters. The molecule has 0 aliphatic heterocycles. The van der Waals surface area contributed by atoms with Gasteiger partial charge in [0.15, 0.2) is 0 Å². The van der Waals surface area contributed by atoms with Crippen LogP contribution in [0, 0.1) is 5.41 Å². The van der Waals surface area contributed by atoms with Crippen molar-refractivity contribution in [2.75, 3.05) is 7.11 Å². The average molecular weight is 358 g/mol. The third-order valence-corrected chi connectivity index (χ3v) is 6.94. The van der Waals surface area contributed by atoms with Crippen molar-refractivity contribution in [2.45, 2.75) is 44.1 Å². The molecule has 2 aromatic carbocycles. The minimum atomic E-state index is -0.231. The lowest BCUT2D eigenvalue weighted by Gasteiger charge is -2.46. The van der Waals surface area contributed by atoms with E-state index in [1.807, 2.05) is 0 Å². The van der Waals surface area contributed by atoms with Crippen molar-refractivity contribution in [1.29, 1.82) is 0 Å². The zero-order chi connectivity index (χ0) is 18.6. The van der Waals surface area contributed by atoms with Crippen LogP contribution >= 0.6 is 0 Å². The fraction of sp³-hybridized carbons (Fsp3) is 0.360. The van der Waals surface area contributed by atoms with Gasteiger partial charge in [-0.25, -0.2) is 0 Å². The van der Waals surface area contributed by atoms with E-state index < -0.39 is 0 Å². The van der Waals surface area contributed by atoms with Crippen molar-refractivity contribution >= 4 is 0 Å². The van der Waals surface area contributed by atoms with Crippen molar-refractivity contribution in [2.24, 2.45) is 5.41 Å². The summed E-state index contributed by atoms with van der Waals surface area (Å²) in [6.45, 7) is 2.29. The third kappa shape index (κ3) is 2.29. The number of aliphatic hydroxyl groups excluding tert-OH is 1. The van der Waals surface area contributed by atoms with Crippen molar-refractivity contribution < 1.29 is 9.84 Å². The summed E-state index contributed by atoms with van der Waals surface area (Å²) in [5.74, 6) is 0.925. The average Bonchev–Trinajstić information content (AvgIpc) is 3.01. The molecule has 2 aromatic rings. The molecule has 1 fully saturated rings. The Bertz CT molecular complexity index is 956. The Kier molecular flexibility index (Phi) is 3.64. The van der Waals surface area contributed by atoms with E-state index in [-0.39, 0.29) is 16.9 Å². The summed E-state index contributed by atoms with van der Waals surface area (Å²) in [7, 11) is 1.73. The number of methoxy groups -OCH3 is 1. The van der Waals surface area contributed by atoms with E-state index in [1.165, 1.54) is 27.8 Å². The fourth-order valence-corrected chi connectivity index (χ4v) is 5.71. The topological polar surface area (TPSA) is 29.5 Å². The van der Waals surface area contributed by atoms with Gasteiger partial charge in [-0.3, -0.25) is 0 Å². The predicted molar refractivity (Wildman–Crippen MR) is 108 cm³/mol. The summed E-state index contributed by atoms with van der Waals surface area (Å²) in [5, 5.41) is 10.4. The van der Waals surface area contributed by atoms with Gasteiger partial charge in [0.2, 0.25) is 0 Å². The molecule has 0 saturated heterocycles. The van der Waals surface area contributed by atoms with E-state index in [0.29, 0.717) is 0 Å². The van der Waals surface area contributed by atoms with Crippen LogP contribution in [-0.2, 0) is 11.8 Å². The molecule has 0 aromatic heterocycles. The van der Waals surface area contributed by atoms with Gasteiger partial charge in [0.25, 0.3) is 0 Å². The second-order valence-electron chi connectivity index (χ2n) is 8.47. The van der Waals surface area contributed by atoms with Gasteiger partial charge in [-0.15, -0.1) is 0 Å². The van der Waals surface area contributed by atoms with Crippen LogP contribution in [0.25, 0.3) is 0 Å². The van der Waals surface area contributed by atoms with E-state index in [2.05, 4.69) is 67.6 Å². The van der Waals surface area contributed by atoms with Crippen LogP contribution < -0.4 is 4.74 Å². The SMILES string of the molecule is COc1ccc2c(c1)CCC1=C3C[C@@H](O)C[C@@]3(C)C=C[C@]12c1ccccc1. The van der Waals surface area contributed by atoms with Gasteiger partial charge in [0.05, 0.1) is 18.6 Å². The predicted octanol–water partition coefficient (Wildman–Crippen LogP) is 4.95. The molecule has 5 rings (SSSR count). The van der Waals surface area contributed by atoms with E-state index in [0.717, 1.165) is 31.4 Å².